The van der Waals surface area contributed by atoms with Crippen molar-refractivity contribution in [1.82, 2.24) is 5.32 Å². The third kappa shape index (κ3) is 4.85. The predicted octanol–water partition coefficient (Wildman–Crippen LogP) is 2.26. The van der Waals surface area contributed by atoms with Crippen LogP contribution in [-0.4, -0.2) is 24.6 Å². The van der Waals surface area contributed by atoms with Gasteiger partial charge < -0.3 is 15.8 Å². The van der Waals surface area contributed by atoms with E-state index in [1.165, 1.54) is 18.4 Å². The van der Waals surface area contributed by atoms with E-state index in [0.717, 1.165) is 12.2 Å². The first kappa shape index (κ1) is 16.5. The van der Waals surface area contributed by atoms with E-state index >= 15 is 0 Å². The number of benzene rings is 1. The quantitative estimate of drug-likeness (QED) is 0.728. The largest absolute Gasteiger partial charge is 0.491 e. The fourth-order valence-corrected chi connectivity index (χ4v) is 1.96. The number of nitrogens with two attached hydrogens (primary N) is 1. The van der Waals surface area contributed by atoms with Crippen LogP contribution in [0.15, 0.2) is 24.3 Å². The van der Waals surface area contributed by atoms with E-state index in [2.05, 4.69) is 24.4 Å². The first-order chi connectivity index (χ1) is 9.51. The Morgan fingerprint density at radius 2 is 1.95 bits per heavy atom. The van der Waals surface area contributed by atoms with E-state index in [9.17, 15) is 4.79 Å². The van der Waals surface area contributed by atoms with Crippen LogP contribution >= 0.6 is 0 Å². The van der Waals surface area contributed by atoms with Crippen molar-refractivity contribution < 1.29 is 9.53 Å². The minimum atomic E-state index is -0.838. The van der Waals surface area contributed by atoms with Gasteiger partial charge in [0.2, 0.25) is 5.91 Å². The topological polar surface area (TPSA) is 64.3 Å². The Kier molecular flexibility index (Phi) is 6.52. The first-order valence-corrected chi connectivity index (χ1v) is 7.28. The summed E-state index contributed by atoms with van der Waals surface area (Å²) in [5, 5.41) is 3.07. The SMILES string of the molecule is CCCCc1ccc(OCC(C)(NCC)C(N)=O)cc1. The van der Waals surface area contributed by atoms with Crippen molar-refractivity contribution in [1.29, 1.82) is 0 Å². The number of ether oxygens (including phenoxy) is 1. The van der Waals surface area contributed by atoms with Crippen LogP contribution in [0.3, 0.4) is 0 Å². The number of hydrogen-bond acceptors (Lipinski definition) is 3. The number of primary amides is 1. The Morgan fingerprint density at radius 1 is 1.30 bits per heavy atom. The average molecular weight is 278 g/mol. The molecule has 0 bridgehead atoms. The molecule has 1 atom stereocenters. The maximum atomic E-state index is 11.5. The molecule has 0 heterocycles. The van der Waals surface area contributed by atoms with Gasteiger partial charge in [-0.2, -0.15) is 0 Å². The Morgan fingerprint density at radius 3 is 2.45 bits per heavy atom. The molecule has 1 rings (SSSR count). The molecule has 4 heteroatoms. The second kappa shape index (κ2) is 7.90. The van der Waals surface area contributed by atoms with E-state index in [-0.39, 0.29) is 6.61 Å². The summed E-state index contributed by atoms with van der Waals surface area (Å²) in [7, 11) is 0. The van der Waals surface area contributed by atoms with E-state index in [1.54, 1.807) is 6.92 Å². The summed E-state index contributed by atoms with van der Waals surface area (Å²) in [6.45, 7) is 6.77. The molecule has 1 amide bonds. The molecule has 0 saturated heterocycles. The van der Waals surface area contributed by atoms with Crippen molar-refractivity contribution in [3.63, 3.8) is 0 Å². The summed E-state index contributed by atoms with van der Waals surface area (Å²) in [4.78, 5) is 11.5. The maximum absolute atomic E-state index is 11.5. The number of aryl methyl sites for hydroxylation is 1. The summed E-state index contributed by atoms with van der Waals surface area (Å²) in [6.07, 6.45) is 3.48. The minimum absolute atomic E-state index is 0.227. The third-order valence-electron chi connectivity index (χ3n) is 3.38. The number of amides is 1. The third-order valence-corrected chi connectivity index (χ3v) is 3.38. The fraction of sp³-hybridized carbons (Fsp3) is 0.562. The fourth-order valence-electron chi connectivity index (χ4n) is 1.96. The Hall–Kier alpha value is -1.55. The monoisotopic (exact) mass is 278 g/mol. The molecule has 1 aromatic carbocycles. The molecular formula is C16H26N2O2. The van der Waals surface area contributed by atoms with Gasteiger partial charge in [0.25, 0.3) is 0 Å². The van der Waals surface area contributed by atoms with Gasteiger partial charge in [-0.1, -0.05) is 32.4 Å². The van der Waals surface area contributed by atoms with Gasteiger partial charge in [0, 0.05) is 0 Å². The smallest absolute Gasteiger partial charge is 0.240 e. The molecule has 20 heavy (non-hydrogen) atoms. The number of likely N-dealkylation sites (N-methyl/N-ethyl adjacent to an activating group) is 1. The summed E-state index contributed by atoms with van der Waals surface area (Å²) in [5.41, 5.74) is 5.89. The van der Waals surface area contributed by atoms with Crippen molar-refractivity contribution in [3.05, 3.63) is 29.8 Å². The highest BCUT2D eigenvalue weighted by Crippen LogP contribution is 2.15. The zero-order valence-electron chi connectivity index (χ0n) is 12.7. The van der Waals surface area contributed by atoms with Crippen molar-refractivity contribution in [3.8, 4) is 5.75 Å². The zero-order chi connectivity index (χ0) is 15.0. The lowest BCUT2D eigenvalue weighted by Gasteiger charge is -2.26. The van der Waals surface area contributed by atoms with Gasteiger partial charge in [-0.25, -0.2) is 0 Å². The molecule has 112 valence electrons. The van der Waals surface area contributed by atoms with Gasteiger partial charge in [-0.05, 0) is 44.0 Å². The molecule has 1 unspecified atom stereocenters. The summed E-state index contributed by atoms with van der Waals surface area (Å²) < 4.78 is 5.68. The summed E-state index contributed by atoms with van der Waals surface area (Å²) in [5.74, 6) is 0.356. The zero-order valence-corrected chi connectivity index (χ0v) is 12.7. The molecule has 0 spiro atoms. The predicted molar refractivity (Wildman–Crippen MR) is 81.8 cm³/mol. The Labute approximate surface area is 121 Å². The Balaban J connectivity index is 2.58. The lowest BCUT2D eigenvalue weighted by atomic mass is 10.0. The number of unbranched alkanes of at least 4 members (excludes halogenated alkanes) is 1. The Bertz CT molecular complexity index is 417. The number of nitrogens with one attached hydrogen (secondary N) is 1. The molecule has 4 nitrogen and oxygen atoms in total. The number of hydrogen-bond donors (Lipinski definition) is 2. The van der Waals surface area contributed by atoms with Crippen LogP contribution < -0.4 is 15.8 Å². The van der Waals surface area contributed by atoms with Crippen LogP contribution in [0.25, 0.3) is 0 Å². The van der Waals surface area contributed by atoms with Gasteiger partial charge in [-0.3, -0.25) is 4.79 Å². The lowest BCUT2D eigenvalue weighted by Crippen LogP contribution is -2.57. The van der Waals surface area contributed by atoms with E-state index in [4.69, 9.17) is 10.5 Å². The normalized spacial score (nSPS) is 13.8. The van der Waals surface area contributed by atoms with Crippen LogP contribution in [0.5, 0.6) is 5.75 Å². The summed E-state index contributed by atoms with van der Waals surface area (Å²) in [6, 6.07) is 8.02. The molecule has 0 saturated carbocycles. The van der Waals surface area contributed by atoms with Gasteiger partial charge >= 0.3 is 0 Å². The van der Waals surface area contributed by atoms with Crippen molar-refractivity contribution in [2.45, 2.75) is 45.6 Å². The van der Waals surface area contributed by atoms with Gasteiger partial charge in [0.05, 0.1) is 0 Å². The van der Waals surface area contributed by atoms with Crippen LogP contribution in [0.1, 0.15) is 39.2 Å². The second-order valence-corrected chi connectivity index (χ2v) is 5.26. The van der Waals surface area contributed by atoms with E-state index < -0.39 is 11.4 Å². The van der Waals surface area contributed by atoms with Crippen molar-refractivity contribution in [2.24, 2.45) is 5.73 Å². The molecule has 1 aromatic rings. The number of rotatable bonds is 9. The van der Waals surface area contributed by atoms with Crippen molar-refractivity contribution in [2.75, 3.05) is 13.2 Å². The van der Waals surface area contributed by atoms with Gasteiger partial charge in [0.1, 0.15) is 17.9 Å². The molecule has 0 fully saturated rings. The van der Waals surface area contributed by atoms with Gasteiger partial charge in [0.15, 0.2) is 0 Å². The van der Waals surface area contributed by atoms with Crippen LogP contribution in [-0.2, 0) is 11.2 Å². The molecular weight excluding hydrogens is 252 g/mol. The molecule has 0 radical (unpaired) electrons. The highest BCUT2D eigenvalue weighted by molar-refractivity contribution is 5.84. The molecule has 0 aliphatic carbocycles. The maximum Gasteiger partial charge on any atom is 0.240 e. The van der Waals surface area contributed by atoms with Crippen LogP contribution in [0.2, 0.25) is 0 Å². The number of carbonyl (C=O) groups excluding carboxylic acids is 1. The lowest BCUT2D eigenvalue weighted by molar-refractivity contribution is -0.124. The van der Waals surface area contributed by atoms with Crippen LogP contribution in [0, 0.1) is 0 Å². The minimum Gasteiger partial charge on any atom is -0.491 e. The standard InChI is InChI=1S/C16H26N2O2/c1-4-6-7-13-8-10-14(11-9-13)20-12-16(3,15(17)19)18-5-2/h8-11,18H,4-7,12H2,1-3H3,(H2,17,19). The molecule has 0 aliphatic heterocycles. The average Bonchev–Trinajstić information content (AvgIpc) is 2.44. The van der Waals surface area contributed by atoms with Crippen molar-refractivity contribution >= 4 is 5.91 Å². The first-order valence-electron chi connectivity index (χ1n) is 7.28. The summed E-state index contributed by atoms with van der Waals surface area (Å²) >= 11 is 0. The number of carbonyl (C=O) groups is 1. The highest BCUT2D eigenvalue weighted by Gasteiger charge is 2.30. The molecule has 0 aromatic heterocycles. The highest BCUT2D eigenvalue weighted by atomic mass is 16.5. The van der Waals surface area contributed by atoms with Gasteiger partial charge in [-0.15, -0.1) is 0 Å². The van der Waals surface area contributed by atoms with E-state index in [0.29, 0.717) is 6.54 Å². The second-order valence-electron chi connectivity index (χ2n) is 5.26. The molecule has 3 N–H and O–H groups in total. The van der Waals surface area contributed by atoms with Crippen LogP contribution in [0.4, 0.5) is 0 Å². The van der Waals surface area contributed by atoms with E-state index in [1.807, 2.05) is 19.1 Å². The molecule has 0 aliphatic rings.